The van der Waals surface area contributed by atoms with Crippen molar-refractivity contribution in [2.24, 2.45) is 0 Å². The van der Waals surface area contributed by atoms with Gasteiger partial charge in [-0.2, -0.15) is 5.10 Å². The quantitative estimate of drug-likeness (QED) is 0.877. The molecule has 1 amide bonds. The molecule has 1 N–H and O–H groups in total. The predicted molar refractivity (Wildman–Crippen MR) is 103 cm³/mol. The summed E-state index contributed by atoms with van der Waals surface area (Å²) in [6.07, 6.45) is 3.73. The van der Waals surface area contributed by atoms with Crippen molar-refractivity contribution in [3.63, 3.8) is 0 Å². The number of likely N-dealkylation sites (tertiary alicyclic amines) is 2. The number of aromatic nitrogens is 2. The van der Waals surface area contributed by atoms with Gasteiger partial charge >= 0.3 is 0 Å². The second kappa shape index (κ2) is 7.78. The number of carbonyl (C=O) groups excluding carboxylic acids is 1. The van der Waals surface area contributed by atoms with Gasteiger partial charge in [-0.15, -0.1) is 0 Å². The van der Waals surface area contributed by atoms with E-state index in [0.29, 0.717) is 18.4 Å². The van der Waals surface area contributed by atoms with E-state index in [0.717, 1.165) is 30.9 Å². The Labute approximate surface area is 158 Å². The van der Waals surface area contributed by atoms with Crippen molar-refractivity contribution in [2.75, 3.05) is 38.0 Å². The highest BCUT2D eigenvalue weighted by atomic mass is 19.1. The Hall–Kier alpha value is -2.25. The first-order valence-corrected chi connectivity index (χ1v) is 9.67. The lowest BCUT2D eigenvalue weighted by Gasteiger charge is -2.23. The van der Waals surface area contributed by atoms with Gasteiger partial charge in [-0.25, -0.2) is 9.07 Å². The Morgan fingerprint density at radius 1 is 1.22 bits per heavy atom. The van der Waals surface area contributed by atoms with E-state index >= 15 is 0 Å². The minimum Gasteiger partial charge on any atom is -0.309 e. The van der Waals surface area contributed by atoms with Gasteiger partial charge < -0.3 is 5.32 Å². The summed E-state index contributed by atoms with van der Waals surface area (Å²) in [7, 11) is 0. The molecule has 0 bridgehead atoms. The smallest absolute Gasteiger partial charge is 0.239 e. The predicted octanol–water partition coefficient (Wildman–Crippen LogP) is 2.43. The molecule has 27 heavy (non-hydrogen) atoms. The van der Waals surface area contributed by atoms with E-state index in [2.05, 4.69) is 20.2 Å². The molecule has 2 aliphatic heterocycles. The average Bonchev–Trinajstić information content (AvgIpc) is 3.37. The first kappa shape index (κ1) is 18.1. The van der Waals surface area contributed by atoms with Crippen LogP contribution in [0.5, 0.6) is 0 Å². The van der Waals surface area contributed by atoms with Gasteiger partial charge in [0, 0.05) is 25.2 Å². The van der Waals surface area contributed by atoms with Crippen LogP contribution < -0.4 is 5.32 Å². The number of nitrogens with one attached hydrogen (secondary N) is 1. The van der Waals surface area contributed by atoms with Crippen LogP contribution in [-0.2, 0) is 4.79 Å². The van der Waals surface area contributed by atoms with E-state index in [1.807, 2.05) is 13.0 Å². The fourth-order valence-electron chi connectivity index (χ4n) is 4.11. The molecule has 4 rings (SSSR count). The van der Waals surface area contributed by atoms with E-state index in [4.69, 9.17) is 0 Å². The van der Waals surface area contributed by atoms with Crippen molar-refractivity contribution >= 4 is 11.7 Å². The van der Waals surface area contributed by atoms with Gasteiger partial charge in [-0.3, -0.25) is 14.6 Å². The van der Waals surface area contributed by atoms with Crippen LogP contribution >= 0.6 is 0 Å². The lowest BCUT2D eigenvalue weighted by Crippen LogP contribution is -2.37. The Kier molecular flexibility index (Phi) is 5.22. The monoisotopic (exact) mass is 371 g/mol. The maximum Gasteiger partial charge on any atom is 0.239 e. The summed E-state index contributed by atoms with van der Waals surface area (Å²) in [5, 5.41) is 7.39. The molecular weight excluding hydrogens is 345 g/mol. The van der Waals surface area contributed by atoms with Crippen LogP contribution in [-0.4, -0.2) is 64.3 Å². The summed E-state index contributed by atoms with van der Waals surface area (Å²) in [4.78, 5) is 17.4. The molecule has 144 valence electrons. The normalized spacial score (nSPS) is 21.0. The lowest BCUT2D eigenvalue weighted by atomic mass is 10.2. The summed E-state index contributed by atoms with van der Waals surface area (Å²) >= 11 is 0. The van der Waals surface area contributed by atoms with Gasteiger partial charge in [0.2, 0.25) is 5.91 Å². The fourth-order valence-corrected chi connectivity index (χ4v) is 4.11. The molecule has 1 aromatic carbocycles. The summed E-state index contributed by atoms with van der Waals surface area (Å²) in [5.41, 5.74) is 1.51. The summed E-state index contributed by atoms with van der Waals surface area (Å²) in [6.45, 7) is 6.57. The lowest BCUT2D eigenvalue weighted by molar-refractivity contribution is -0.117. The molecule has 6 nitrogen and oxygen atoms in total. The third-order valence-electron chi connectivity index (χ3n) is 5.44. The Morgan fingerprint density at radius 2 is 1.96 bits per heavy atom. The maximum absolute atomic E-state index is 13.2. The number of halogens is 1. The van der Waals surface area contributed by atoms with E-state index in [-0.39, 0.29) is 11.7 Å². The van der Waals surface area contributed by atoms with Gasteiger partial charge in [0.05, 0.1) is 17.9 Å². The van der Waals surface area contributed by atoms with Crippen LogP contribution in [0.4, 0.5) is 10.2 Å². The van der Waals surface area contributed by atoms with Crippen molar-refractivity contribution in [3.05, 3.63) is 41.8 Å². The van der Waals surface area contributed by atoms with Crippen LogP contribution in [0.1, 0.15) is 25.0 Å². The molecule has 1 atom stereocenters. The second-order valence-corrected chi connectivity index (χ2v) is 7.53. The minimum atomic E-state index is -0.296. The zero-order chi connectivity index (χ0) is 18.8. The fraction of sp³-hybridized carbons (Fsp3) is 0.500. The molecule has 7 heteroatoms. The average molecular weight is 371 g/mol. The largest absolute Gasteiger partial charge is 0.309 e. The van der Waals surface area contributed by atoms with Gasteiger partial charge in [0.1, 0.15) is 11.6 Å². The van der Waals surface area contributed by atoms with Crippen molar-refractivity contribution in [1.29, 1.82) is 0 Å². The van der Waals surface area contributed by atoms with E-state index in [1.54, 1.807) is 16.8 Å². The van der Waals surface area contributed by atoms with Crippen LogP contribution in [0.2, 0.25) is 0 Å². The second-order valence-electron chi connectivity index (χ2n) is 7.53. The highest BCUT2D eigenvalue weighted by molar-refractivity contribution is 5.91. The maximum atomic E-state index is 13.2. The third kappa shape index (κ3) is 4.20. The highest BCUT2D eigenvalue weighted by Crippen LogP contribution is 2.21. The highest BCUT2D eigenvalue weighted by Gasteiger charge is 2.30. The Bertz CT molecular complexity index is 797. The van der Waals surface area contributed by atoms with Crippen molar-refractivity contribution < 1.29 is 9.18 Å². The number of hydrogen-bond acceptors (Lipinski definition) is 4. The van der Waals surface area contributed by atoms with E-state index in [9.17, 15) is 9.18 Å². The number of anilines is 1. The number of aryl methyl sites for hydroxylation is 1. The topological polar surface area (TPSA) is 53.4 Å². The zero-order valence-corrected chi connectivity index (χ0v) is 15.7. The van der Waals surface area contributed by atoms with Crippen LogP contribution in [0.3, 0.4) is 0 Å². The van der Waals surface area contributed by atoms with Gasteiger partial charge in [-0.1, -0.05) is 0 Å². The number of amides is 1. The molecule has 1 unspecified atom stereocenters. The van der Waals surface area contributed by atoms with Crippen molar-refractivity contribution in [1.82, 2.24) is 19.6 Å². The number of nitrogens with zero attached hydrogens (tertiary/aromatic N) is 4. The molecule has 0 spiro atoms. The standard InChI is InChI=1S/C20H26FN5O/c1-15-12-19(26(23-15)17-6-4-16(21)5-7-17)22-20(27)14-24-11-8-18(13-24)25-9-2-3-10-25/h4-7,12,18H,2-3,8-11,13-14H2,1H3,(H,22,27). The summed E-state index contributed by atoms with van der Waals surface area (Å²) < 4.78 is 14.8. The molecule has 0 aliphatic carbocycles. The first-order chi connectivity index (χ1) is 13.1. The van der Waals surface area contributed by atoms with E-state index in [1.165, 1.54) is 38.1 Å². The SMILES string of the molecule is Cc1cc(NC(=O)CN2CCC(N3CCCC3)C2)n(-c2ccc(F)cc2)n1. The van der Waals surface area contributed by atoms with Gasteiger partial charge in [-0.05, 0) is 63.5 Å². The molecule has 1 aromatic heterocycles. The number of benzene rings is 1. The van der Waals surface area contributed by atoms with Gasteiger partial charge in [0.15, 0.2) is 0 Å². The zero-order valence-electron chi connectivity index (χ0n) is 15.7. The number of rotatable bonds is 5. The number of hydrogen-bond donors (Lipinski definition) is 1. The third-order valence-corrected chi connectivity index (χ3v) is 5.44. The van der Waals surface area contributed by atoms with Crippen LogP contribution in [0, 0.1) is 12.7 Å². The molecule has 2 aliphatic rings. The molecule has 0 radical (unpaired) electrons. The molecule has 3 heterocycles. The summed E-state index contributed by atoms with van der Waals surface area (Å²) in [6, 6.07) is 8.50. The molecular formula is C20H26FN5O. The van der Waals surface area contributed by atoms with Gasteiger partial charge in [0.25, 0.3) is 0 Å². The molecule has 0 saturated carbocycles. The molecule has 2 aromatic rings. The summed E-state index contributed by atoms with van der Waals surface area (Å²) in [5.74, 6) is 0.273. The molecule has 2 fully saturated rings. The van der Waals surface area contributed by atoms with Crippen LogP contribution in [0.15, 0.2) is 30.3 Å². The van der Waals surface area contributed by atoms with Crippen LogP contribution in [0.25, 0.3) is 5.69 Å². The first-order valence-electron chi connectivity index (χ1n) is 9.67. The van der Waals surface area contributed by atoms with E-state index < -0.39 is 0 Å². The minimum absolute atomic E-state index is 0.0414. The Morgan fingerprint density at radius 3 is 2.70 bits per heavy atom. The molecule has 2 saturated heterocycles. The Balaban J connectivity index is 1.38. The van der Waals surface area contributed by atoms with Crippen molar-refractivity contribution in [2.45, 2.75) is 32.2 Å². The van der Waals surface area contributed by atoms with Crippen molar-refractivity contribution in [3.8, 4) is 5.69 Å². The number of carbonyl (C=O) groups is 1.